The zero-order valence-corrected chi connectivity index (χ0v) is 14.5. The molecule has 0 unspecified atom stereocenters. The van der Waals surface area contributed by atoms with Gasteiger partial charge in [0, 0.05) is 22.7 Å². The van der Waals surface area contributed by atoms with Gasteiger partial charge in [0.1, 0.15) is 23.2 Å². The van der Waals surface area contributed by atoms with E-state index in [0.717, 1.165) is 22.3 Å². The molecule has 0 saturated heterocycles. The molecule has 26 heavy (non-hydrogen) atoms. The second-order valence-electron chi connectivity index (χ2n) is 5.66. The molecule has 0 radical (unpaired) electrons. The van der Waals surface area contributed by atoms with Crippen LogP contribution in [0.2, 0.25) is 0 Å². The monoisotopic (exact) mass is 360 g/mol. The number of anilines is 1. The number of hydrogen-bond donors (Lipinski definition) is 2. The minimum atomic E-state index is -0.329. The molecule has 4 rings (SSSR count). The van der Waals surface area contributed by atoms with E-state index in [1.807, 2.05) is 23.6 Å². The molecule has 8 heteroatoms. The molecule has 1 amide bonds. The third-order valence-electron chi connectivity index (χ3n) is 3.92. The number of carbonyl (C=O) groups excluding carboxylic acids is 1. The second kappa shape index (κ2) is 6.38. The highest BCUT2D eigenvalue weighted by atomic mass is 32.1. The minimum Gasteiger partial charge on any atom is -0.321 e. The van der Waals surface area contributed by atoms with Crippen LogP contribution < -0.4 is 5.32 Å². The molecule has 3 aromatic heterocycles. The number of H-pyrrole nitrogens is 1. The summed E-state index contributed by atoms with van der Waals surface area (Å²) in [5, 5.41) is 21.8. The molecule has 0 bridgehead atoms. The lowest BCUT2D eigenvalue weighted by Gasteiger charge is -2.07. The molecule has 0 aliphatic carbocycles. The third-order valence-corrected chi connectivity index (χ3v) is 4.50. The summed E-state index contributed by atoms with van der Waals surface area (Å²) in [4.78, 5) is 20.9. The fourth-order valence-corrected chi connectivity index (χ4v) is 3.22. The average molecular weight is 360 g/mol. The lowest BCUT2D eigenvalue weighted by Crippen LogP contribution is -2.15. The van der Waals surface area contributed by atoms with Gasteiger partial charge in [-0.15, -0.1) is 11.3 Å². The van der Waals surface area contributed by atoms with E-state index in [9.17, 15) is 4.79 Å². The third kappa shape index (κ3) is 2.81. The molecule has 1 aromatic carbocycles. The second-order valence-corrected chi connectivity index (χ2v) is 6.38. The zero-order chi connectivity index (χ0) is 18.1. The van der Waals surface area contributed by atoms with Crippen LogP contribution in [-0.4, -0.2) is 26.1 Å². The maximum Gasteiger partial charge on any atom is 0.274 e. The number of aromatic amines is 1. The van der Waals surface area contributed by atoms with Crippen molar-refractivity contribution in [2.45, 2.75) is 6.92 Å². The Hall–Kier alpha value is -3.57. The molecule has 4 aromatic rings. The van der Waals surface area contributed by atoms with Gasteiger partial charge in [0.05, 0.1) is 16.6 Å². The van der Waals surface area contributed by atoms with Gasteiger partial charge >= 0.3 is 0 Å². The van der Waals surface area contributed by atoms with Crippen LogP contribution in [0, 0.1) is 18.3 Å². The van der Waals surface area contributed by atoms with Crippen LogP contribution in [0.25, 0.3) is 22.3 Å². The Morgan fingerprint density at radius 2 is 2.19 bits per heavy atom. The molecule has 0 aliphatic rings. The molecule has 3 heterocycles. The topological polar surface area (TPSA) is 107 Å². The van der Waals surface area contributed by atoms with Crippen molar-refractivity contribution in [3.8, 4) is 17.5 Å². The number of aryl methyl sites for hydroxylation is 1. The molecular formula is C18H12N6OS. The molecule has 2 N–H and O–H groups in total. The van der Waals surface area contributed by atoms with Crippen molar-refractivity contribution in [1.29, 1.82) is 5.26 Å². The number of carbonyl (C=O) groups is 1. The van der Waals surface area contributed by atoms with E-state index in [0.29, 0.717) is 16.8 Å². The van der Waals surface area contributed by atoms with Crippen molar-refractivity contribution in [2.75, 3.05) is 5.32 Å². The van der Waals surface area contributed by atoms with Crippen molar-refractivity contribution < 1.29 is 4.79 Å². The van der Waals surface area contributed by atoms with Gasteiger partial charge in [-0.25, -0.2) is 9.97 Å². The Kier molecular flexibility index (Phi) is 3.91. The number of fused-ring (bicyclic) bond motifs is 1. The number of amides is 1. The number of thiazole rings is 1. The first-order valence-electron chi connectivity index (χ1n) is 7.70. The van der Waals surface area contributed by atoms with E-state index in [1.165, 1.54) is 17.5 Å². The summed E-state index contributed by atoms with van der Waals surface area (Å²) >= 11 is 1.50. The van der Waals surface area contributed by atoms with E-state index in [2.05, 4.69) is 25.5 Å². The predicted molar refractivity (Wildman–Crippen MR) is 98.8 cm³/mol. The lowest BCUT2D eigenvalue weighted by molar-refractivity contribution is 0.102. The first-order valence-corrected chi connectivity index (χ1v) is 8.65. The number of nitrogens with zero attached hydrogens (tertiary/aromatic N) is 4. The highest BCUT2D eigenvalue weighted by Crippen LogP contribution is 2.28. The van der Waals surface area contributed by atoms with Crippen molar-refractivity contribution in [3.05, 3.63) is 58.2 Å². The summed E-state index contributed by atoms with van der Waals surface area (Å²) < 4.78 is 0. The number of nitrogens with one attached hydrogen (secondary N) is 2. The highest BCUT2D eigenvalue weighted by molar-refractivity contribution is 7.07. The molecule has 0 spiro atoms. The summed E-state index contributed by atoms with van der Waals surface area (Å²) in [5.41, 5.74) is 6.13. The van der Waals surface area contributed by atoms with E-state index >= 15 is 0 Å². The van der Waals surface area contributed by atoms with Gasteiger partial charge in [0.15, 0.2) is 0 Å². The largest absolute Gasteiger partial charge is 0.321 e. The van der Waals surface area contributed by atoms with E-state index in [-0.39, 0.29) is 11.6 Å². The van der Waals surface area contributed by atoms with Gasteiger partial charge in [0.2, 0.25) is 0 Å². The SMILES string of the molecule is Cc1cc(C#N)cnc1C(=O)Nc1ccc2[nH]nc(-c3cscn3)c2c1. The standard InChI is InChI=1S/C18H12N6OS/c1-10-4-11(6-19)7-20-16(10)18(25)22-12-2-3-14-13(5-12)17(24-23-14)15-8-26-9-21-15/h2-5,7-9H,1H3,(H,22,25)(H,23,24). The Morgan fingerprint density at radius 1 is 1.31 bits per heavy atom. The lowest BCUT2D eigenvalue weighted by atomic mass is 10.1. The van der Waals surface area contributed by atoms with Crippen LogP contribution in [0.3, 0.4) is 0 Å². The van der Waals surface area contributed by atoms with Gasteiger partial charge < -0.3 is 5.32 Å². The van der Waals surface area contributed by atoms with Crippen LogP contribution >= 0.6 is 11.3 Å². The van der Waals surface area contributed by atoms with Crippen LogP contribution in [-0.2, 0) is 0 Å². The Labute approximate surface area is 152 Å². The smallest absolute Gasteiger partial charge is 0.274 e. The first-order chi connectivity index (χ1) is 12.7. The van der Waals surface area contributed by atoms with Gasteiger partial charge in [-0.1, -0.05) is 0 Å². The fourth-order valence-electron chi connectivity index (χ4n) is 2.68. The van der Waals surface area contributed by atoms with Gasteiger partial charge in [0.25, 0.3) is 5.91 Å². The Balaban J connectivity index is 1.66. The molecule has 126 valence electrons. The molecule has 0 saturated carbocycles. The number of rotatable bonds is 3. The van der Waals surface area contributed by atoms with E-state index in [1.54, 1.807) is 24.6 Å². The van der Waals surface area contributed by atoms with Crippen LogP contribution in [0.5, 0.6) is 0 Å². The van der Waals surface area contributed by atoms with Crippen molar-refractivity contribution in [3.63, 3.8) is 0 Å². The van der Waals surface area contributed by atoms with Crippen LogP contribution in [0.15, 0.2) is 41.4 Å². The van der Waals surface area contributed by atoms with Gasteiger partial charge in [-0.2, -0.15) is 10.4 Å². The average Bonchev–Trinajstić information content (AvgIpc) is 3.30. The number of benzene rings is 1. The maximum atomic E-state index is 12.5. The van der Waals surface area contributed by atoms with Gasteiger partial charge in [-0.05, 0) is 36.8 Å². The zero-order valence-electron chi connectivity index (χ0n) is 13.6. The number of aromatic nitrogens is 4. The molecular weight excluding hydrogens is 348 g/mol. The summed E-state index contributed by atoms with van der Waals surface area (Å²) in [6, 6.07) is 9.15. The minimum absolute atomic E-state index is 0.288. The molecule has 0 atom stereocenters. The number of pyridine rings is 1. The fraction of sp³-hybridized carbons (Fsp3) is 0.0556. The summed E-state index contributed by atoms with van der Waals surface area (Å²) in [5.74, 6) is -0.329. The molecule has 0 aliphatic heterocycles. The molecule has 7 nitrogen and oxygen atoms in total. The predicted octanol–water partition coefficient (Wildman–Crippen LogP) is 3.51. The highest BCUT2D eigenvalue weighted by Gasteiger charge is 2.14. The first kappa shape index (κ1) is 15.9. The van der Waals surface area contributed by atoms with Crippen molar-refractivity contribution in [1.82, 2.24) is 20.2 Å². The Morgan fingerprint density at radius 3 is 2.92 bits per heavy atom. The summed E-state index contributed by atoms with van der Waals surface area (Å²) in [6.45, 7) is 1.75. The van der Waals surface area contributed by atoms with Crippen molar-refractivity contribution >= 4 is 33.8 Å². The maximum absolute atomic E-state index is 12.5. The summed E-state index contributed by atoms with van der Waals surface area (Å²) in [6.07, 6.45) is 1.39. The number of nitriles is 1. The van der Waals surface area contributed by atoms with Crippen LogP contribution in [0.4, 0.5) is 5.69 Å². The van der Waals surface area contributed by atoms with Crippen LogP contribution in [0.1, 0.15) is 21.6 Å². The van der Waals surface area contributed by atoms with E-state index in [4.69, 9.17) is 5.26 Å². The van der Waals surface area contributed by atoms with Gasteiger partial charge in [-0.3, -0.25) is 9.89 Å². The Bertz CT molecular complexity index is 1160. The quantitative estimate of drug-likeness (QED) is 0.581. The molecule has 0 fully saturated rings. The normalized spacial score (nSPS) is 10.6. The van der Waals surface area contributed by atoms with Crippen molar-refractivity contribution in [2.24, 2.45) is 0 Å². The van der Waals surface area contributed by atoms with E-state index < -0.39 is 0 Å². The summed E-state index contributed by atoms with van der Waals surface area (Å²) in [7, 11) is 0. The number of hydrogen-bond acceptors (Lipinski definition) is 6.